The second-order valence-electron chi connectivity index (χ2n) is 3.98. The lowest BCUT2D eigenvalue weighted by Gasteiger charge is -2.07. The number of unbranched alkanes of at least 4 members (excludes halogenated alkanes) is 4. The zero-order chi connectivity index (χ0) is 12.7. The van der Waals surface area contributed by atoms with Crippen molar-refractivity contribution < 1.29 is 4.74 Å². The molecule has 1 rings (SSSR count). The van der Waals surface area contributed by atoms with Gasteiger partial charge in [-0.25, -0.2) is 4.98 Å². The van der Waals surface area contributed by atoms with Gasteiger partial charge in [-0.3, -0.25) is 9.36 Å². The molecular weight excluding hydrogens is 240 g/mol. The summed E-state index contributed by atoms with van der Waals surface area (Å²) in [7, 11) is 1.43. The third kappa shape index (κ3) is 4.04. The standard InChI is InChI=1S/C12H19ClN2O2/c1-3-4-5-6-7-8-15-9-14-11(13)10(17-2)12(15)16/h9H,3-8H2,1-2H3. The Labute approximate surface area is 107 Å². The first-order chi connectivity index (χ1) is 8.20. The van der Waals surface area contributed by atoms with Gasteiger partial charge in [0.2, 0.25) is 5.75 Å². The number of aryl methyl sites for hydroxylation is 1. The van der Waals surface area contributed by atoms with Gasteiger partial charge in [0.15, 0.2) is 5.15 Å². The van der Waals surface area contributed by atoms with E-state index >= 15 is 0 Å². The Balaban J connectivity index is 2.57. The van der Waals surface area contributed by atoms with Crippen LogP contribution in [0, 0.1) is 0 Å². The molecule has 0 bridgehead atoms. The predicted octanol–water partition coefficient (Wildman–Crippen LogP) is 2.88. The molecule has 96 valence electrons. The number of nitrogens with zero attached hydrogens (tertiary/aromatic N) is 2. The van der Waals surface area contributed by atoms with Crippen LogP contribution >= 0.6 is 11.6 Å². The van der Waals surface area contributed by atoms with Gasteiger partial charge in [-0.1, -0.05) is 44.2 Å². The Kier molecular flexibility index (Phi) is 6.05. The van der Waals surface area contributed by atoms with Crippen LogP contribution in [0.15, 0.2) is 11.1 Å². The van der Waals surface area contributed by atoms with E-state index < -0.39 is 0 Å². The average Bonchev–Trinajstić information content (AvgIpc) is 2.32. The summed E-state index contributed by atoms with van der Waals surface area (Å²) >= 11 is 5.75. The lowest BCUT2D eigenvalue weighted by molar-refractivity contribution is 0.398. The van der Waals surface area contributed by atoms with Crippen LogP contribution in [0.3, 0.4) is 0 Å². The fraction of sp³-hybridized carbons (Fsp3) is 0.667. The van der Waals surface area contributed by atoms with E-state index in [1.165, 1.54) is 32.7 Å². The van der Waals surface area contributed by atoms with Crippen LogP contribution in [0.4, 0.5) is 0 Å². The summed E-state index contributed by atoms with van der Waals surface area (Å²) in [6, 6.07) is 0. The number of aromatic nitrogens is 2. The largest absolute Gasteiger partial charge is 0.489 e. The van der Waals surface area contributed by atoms with Gasteiger partial charge in [0.05, 0.1) is 13.4 Å². The summed E-state index contributed by atoms with van der Waals surface area (Å²) in [6.45, 7) is 2.85. The van der Waals surface area contributed by atoms with Gasteiger partial charge >= 0.3 is 0 Å². The van der Waals surface area contributed by atoms with Crippen LogP contribution in [-0.4, -0.2) is 16.7 Å². The number of ether oxygens (including phenoxy) is 1. The molecule has 0 aliphatic heterocycles. The number of methoxy groups -OCH3 is 1. The normalized spacial score (nSPS) is 10.5. The quantitative estimate of drug-likeness (QED) is 0.558. The molecule has 17 heavy (non-hydrogen) atoms. The summed E-state index contributed by atoms with van der Waals surface area (Å²) in [5.41, 5.74) is -0.206. The highest BCUT2D eigenvalue weighted by atomic mass is 35.5. The molecule has 0 spiro atoms. The Bertz CT molecular complexity index is 404. The molecule has 0 saturated carbocycles. The minimum absolute atomic E-state index is 0.125. The van der Waals surface area contributed by atoms with Crippen molar-refractivity contribution in [2.75, 3.05) is 7.11 Å². The van der Waals surface area contributed by atoms with Crippen LogP contribution in [0.1, 0.15) is 39.0 Å². The number of rotatable bonds is 7. The smallest absolute Gasteiger partial charge is 0.297 e. The number of hydrogen-bond donors (Lipinski definition) is 0. The first-order valence-corrected chi connectivity index (χ1v) is 6.37. The first-order valence-electron chi connectivity index (χ1n) is 5.99. The van der Waals surface area contributed by atoms with Gasteiger partial charge in [-0.15, -0.1) is 0 Å². The van der Waals surface area contributed by atoms with Crippen molar-refractivity contribution in [3.63, 3.8) is 0 Å². The number of halogens is 1. The van der Waals surface area contributed by atoms with Gasteiger partial charge in [0, 0.05) is 6.54 Å². The molecule has 4 nitrogen and oxygen atoms in total. The second-order valence-corrected chi connectivity index (χ2v) is 4.34. The molecule has 0 radical (unpaired) electrons. The Morgan fingerprint density at radius 1 is 1.35 bits per heavy atom. The molecule has 0 amide bonds. The van der Waals surface area contributed by atoms with Crippen molar-refractivity contribution in [1.29, 1.82) is 0 Å². The lowest BCUT2D eigenvalue weighted by atomic mass is 10.1. The van der Waals surface area contributed by atoms with Crippen LogP contribution in [0.2, 0.25) is 5.15 Å². The topological polar surface area (TPSA) is 44.1 Å². The van der Waals surface area contributed by atoms with E-state index in [0.717, 1.165) is 12.8 Å². The summed E-state index contributed by atoms with van der Waals surface area (Å²) in [5.74, 6) is 0.128. The summed E-state index contributed by atoms with van der Waals surface area (Å²) < 4.78 is 6.49. The van der Waals surface area contributed by atoms with Crippen LogP contribution in [-0.2, 0) is 6.54 Å². The highest BCUT2D eigenvalue weighted by Crippen LogP contribution is 2.15. The van der Waals surface area contributed by atoms with Gasteiger partial charge in [-0.05, 0) is 6.42 Å². The zero-order valence-electron chi connectivity index (χ0n) is 10.4. The summed E-state index contributed by atoms with van der Waals surface area (Å²) in [4.78, 5) is 15.8. The fourth-order valence-electron chi connectivity index (χ4n) is 1.67. The zero-order valence-corrected chi connectivity index (χ0v) is 11.2. The third-order valence-corrected chi connectivity index (χ3v) is 2.93. The van der Waals surface area contributed by atoms with Crippen LogP contribution < -0.4 is 10.3 Å². The molecule has 0 aromatic carbocycles. The monoisotopic (exact) mass is 258 g/mol. The van der Waals surface area contributed by atoms with E-state index in [-0.39, 0.29) is 16.5 Å². The minimum atomic E-state index is -0.206. The summed E-state index contributed by atoms with van der Waals surface area (Å²) in [6.07, 6.45) is 7.27. The maximum absolute atomic E-state index is 11.9. The molecule has 1 aromatic rings. The van der Waals surface area contributed by atoms with Crippen LogP contribution in [0.5, 0.6) is 5.75 Å². The van der Waals surface area contributed by atoms with Gasteiger partial charge in [0.25, 0.3) is 5.56 Å². The van der Waals surface area contributed by atoms with Crippen molar-refractivity contribution in [2.24, 2.45) is 0 Å². The highest BCUT2D eigenvalue weighted by molar-refractivity contribution is 6.30. The Morgan fingerprint density at radius 2 is 2.06 bits per heavy atom. The second kappa shape index (κ2) is 7.33. The maximum atomic E-state index is 11.9. The van der Waals surface area contributed by atoms with Crippen molar-refractivity contribution in [3.8, 4) is 5.75 Å². The predicted molar refractivity (Wildman–Crippen MR) is 68.8 cm³/mol. The molecular formula is C12H19ClN2O2. The Morgan fingerprint density at radius 3 is 2.71 bits per heavy atom. The van der Waals surface area contributed by atoms with Gasteiger partial charge in [0.1, 0.15) is 0 Å². The molecule has 5 heteroatoms. The molecule has 1 aromatic heterocycles. The van der Waals surface area contributed by atoms with Crippen molar-refractivity contribution in [2.45, 2.75) is 45.6 Å². The lowest BCUT2D eigenvalue weighted by Crippen LogP contribution is -2.22. The van der Waals surface area contributed by atoms with Crippen molar-refractivity contribution in [1.82, 2.24) is 9.55 Å². The van der Waals surface area contributed by atoms with E-state index in [1.807, 2.05) is 0 Å². The molecule has 0 N–H and O–H groups in total. The first kappa shape index (κ1) is 14.0. The molecule has 0 unspecified atom stereocenters. The van der Waals surface area contributed by atoms with Crippen molar-refractivity contribution >= 4 is 11.6 Å². The molecule has 0 aliphatic rings. The molecule has 0 fully saturated rings. The molecule has 0 atom stereocenters. The minimum Gasteiger partial charge on any atom is -0.489 e. The number of hydrogen-bond acceptors (Lipinski definition) is 3. The van der Waals surface area contributed by atoms with E-state index in [9.17, 15) is 4.79 Å². The van der Waals surface area contributed by atoms with Crippen LogP contribution in [0.25, 0.3) is 0 Å². The van der Waals surface area contributed by atoms with Crippen molar-refractivity contribution in [3.05, 3.63) is 21.8 Å². The van der Waals surface area contributed by atoms with Gasteiger partial charge < -0.3 is 4.74 Å². The Hall–Kier alpha value is -1.03. The summed E-state index contributed by atoms with van der Waals surface area (Å²) in [5, 5.41) is 0.125. The highest BCUT2D eigenvalue weighted by Gasteiger charge is 2.09. The third-order valence-electron chi connectivity index (χ3n) is 2.66. The van der Waals surface area contributed by atoms with E-state index in [1.54, 1.807) is 4.57 Å². The van der Waals surface area contributed by atoms with E-state index in [0.29, 0.717) is 6.54 Å². The maximum Gasteiger partial charge on any atom is 0.297 e. The van der Waals surface area contributed by atoms with E-state index in [2.05, 4.69) is 11.9 Å². The fourth-order valence-corrected chi connectivity index (χ4v) is 1.87. The SMILES string of the molecule is CCCCCCCn1cnc(Cl)c(OC)c1=O. The van der Waals surface area contributed by atoms with E-state index in [4.69, 9.17) is 16.3 Å². The molecule has 0 aliphatic carbocycles. The molecule has 0 saturated heterocycles. The molecule has 1 heterocycles. The average molecular weight is 259 g/mol. The van der Waals surface area contributed by atoms with Gasteiger partial charge in [-0.2, -0.15) is 0 Å².